The van der Waals surface area contributed by atoms with Gasteiger partial charge in [0.15, 0.2) is 0 Å². The van der Waals surface area contributed by atoms with Crippen molar-refractivity contribution in [3.63, 3.8) is 0 Å². The summed E-state index contributed by atoms with van der Waals surface area (Å²) in [5, 5.41) is 2.84. The molecule has 2 N–H and O–H groups in total. The highest BCUT2D eigenvalue weighted by Crippen LogP contribution is 2.08. The topological polar surface area (TPSA) is 75.1 Å². The molecule has 3 aromatic heterocycles. The van der Waals surface area contributed by atoms with Gasteiger partial charge in [-0.15, -0.1) is 0 Å². The van der Waals surface area contributed by atoms with Gasteiger partial charge in [-0.2, -0.15) is 0 Å². The third-order valence-electron chi connectivity index (χ3n) is 3.13. The molecule has 0 saturated carbocycles. The molecule has 0 spiro atoms. The number of carbonyl (C=O) groups is 1. The number of nitrogens with one attached hydrogen (secondary N) is 2. The summed E-state index contributed by atoms with van der Waals surface area (Å²) < 4.78 is 1.90. The summed E-state index contributed by atoms with van der Waals surface area (Å²) in [6.07, 6.45) is 5.89. The van der Waals surface area contributed by atoms with E-state index in [0.29, 0.717) is 18.7 Å². The van der Waals surface area contributed by atoms with Gasteiger partial charge in [-0.05, 0) is 19.1 Å². The van der Waals surface area contributed by atoms with Crippen LogP contribution in [-0.4, -0.2) is 31.8 Å². The Kier molecular flexibility index (Phi) is 3.20. The largest absolute Gasteiger partial charge is 0.350 e. The molecule has 1 amide bonds. The molecular formula is C14H15N5O. The summed E-state index contributed by atoms with van der Waals surface area (Å²) >= 11 is 0. The van der Waals surface area contributed by atoms with Crippen molar-refractivity contribution in [2.75, 3.05) is 6.54 Å². The fraction of sp³-hybridized carbons (Fsp3) is 0.214. The lowest BCUT2D eigenvalue weighted by molar-refractivity contribution is 0.0949. The van der Waals surface area contributed by atoms with Crippen LogP contribution >= 0.6 is 0 Å². The Balaban J connectivity index is 1.68. The van der Waals surface area contributed by atoms with Crippen molar-refractivity contribution in [1.29, 1.82) is 0 Å². The molecule has 20 heavy (non-hydrogen) atoms. The molecule has 102 valence electrons. The maximum absolute atomic E-state index is 12.0. The van der Waals surface area contributed by atoms with Crippen LogP contribution in [0.15, 0.2) is 36.8 Å². The lowest BCUT2D eigenvalue weighted by Gasteiger charge is -2.00. The van der Waals surface area contributed by atoms with Crippen LogP contribution in [0.1, 0.15) is 22.0 Å². The SMILES string of the molecule is Cc1cccc2nc(C(=O)NCCc3ncc[nH]3)cn12. The summed E-state index contributed by atoms with van der Waals surface area (Å²) in [4.78, 5) is 23.5. The smallest absolute Gasteiger partial charge is 0.271 e. The molecule has 0 saturated heterocycles. The molecule has 0 unspecified atom stereocenters. The summed E-state index contributed by atoms with van der Waals surface area (Å²) in [6, 6.07) is 5.79. The highest BCUT2D eigenvalue weighted by Gasteiger charge is 2.10. The highest BCUT2D eigenvalue weighted by molar-refractivity contribution is 5.92. The number of rotatable bonds is 4. The molecule has 0 aromatic carbocycles. The first kappa shape index (κ1) is 12.4. The molecule has 0 bridgehead atoms. The molecule has 3 rings (SSSR count). The van der Waals surface area contributed by atoms with Crippen LogP contribution in [0, 0.1) is 6.92 Å². The molecule has 0 aliphatic rings. The standard InChI is InChI=1S/C14H15N5O/c1-10-3-2-4-13-18-11(9-19(10)13)14(20)17-6-5-12-15-7-8-16-12/h2-4,7-9H,5-6H2,1H3,(H,15,16)(H,17,20). The molecule has 0 atom stereocenters. The molecule has 3 aromatic rings. The van der Waals surface area contributed by atoms with Gasteiger partial charge in [-0.25, -0.2) is 9.97 Å². The molecule has 0 aliphatic carbocycles. The minimum atomic E-state index is -0.167. The van der Waals surface area contributed by atoms with Gasteiger partial charge in [0, 0.05) is 37.3 Å². The Morgan fingerprint density at radius 2 is 2.35 bits per heavy atom. The normalized spacial score (nSPS) is 10.8. The molecular weight excluding hydrogens is 254 g/mol. The number of carbonyl (C=O) groups excluding carboxylic acids is 1. The minimum absolute atomic E-state index is 0.167. The zero-order valence-electron chi connectivity index (χ0n) is 11.1. The van der Waals surface area contributed by atoms with E-state index in [4.69, 9.17) is 0 Å². The van der Waals surface area contributed by atoms with E-state index in [-0.39, 0.29) is 5.91 Å². The van der Waals surface area contributed by atoms with E-state index in [9.17, 15) is 4.79 Å². The van der Waals surface area contributed by atoms with Gasteiger partial charge < -0.3 is 14.7 Å². The van der Waals surface area contributed by atoms with Gasteiger partial charge in [-0.3, -0.25) is 4.79 Å². The van der Waals surface area contributed by atoms with Crippen molar-refractivity contribution >= 4 is 11.6 Å². The van der Waals surface area contributed by atoms with E-state index < -0.39 is 0 Å². The average Bonchev–Trinajstić information content (AvgIpc) is 3.07. The minimum Gasteiger partial charge on any atom is -0.350 e. The first-order valence-corrected chi connectivity index (χ1v) is 6.45. The number of amides is 1. The Morgan fingerprint density at radius 1 is 1.45 bits per heavy atom. The summed E-state index contributed by atoms with van der Waals surface area (Å²) in [7, 11) is 0. The third kappa shape index (κ3) is 2.40. The number of aryl methyl sites for hydroxylation is 1. The van der Waals surface area contributed by atoms with Crippen LogP contribution in [0.4, 0.5) is 0 Å². The fourth-order valence-electron chi connectivity index (χ4n) is 2.08. The molecule has 0 radical (unpaired) electrons. The number of hydrogen-bond acceptors (Lipinski definition) is 3. The predicted octanol–water partition coefficient (Wildman–Crippen LogP) is 1.34. The maximum Gasteiger partial charge on any atom is 0.271 e. The van der Waals surface area contributed by atoms with Crippen molar-refractivity contribution in [3.05, 3.63) is 54.0 Å². The summed E-state index contributed by atoms with van der Waals surface area (Å²) in [6.45, 7) is 2.51. The van der Waals surface area contributed by atoms with Crippen molar-refractivity contribution in [2.45, 2.75) is 13.3 Å². The van der Waals surface area contributed by atoms with E-state index in [2.05, 4.69) is 20.3 Å². The van der Waals surface area contributed by atoms with Gasteiger partial charge >= 0.3 is 0 Å². The van der Waals surface area contributed by atoms with Crippen LogP contribution in [0.5, 0.6) is 0 Å². The maximum atomic E-state index is 12.0. The molecule has 3 heterocycles. The van der Waals surface area contributed by atoms with E-state index in [1.165, 1.54) is 0 Å². The van der Waals surface area contributed by atoms with Gasteiger partial charge in [0.05, 0.1) is 0 Å². The predicted molar refractivity (Wildman–Crippen MR) is 74.6 cm³/mol. The second-order valence-corrected chi connectivity index (χ2v) is 4.56. The number of fused-ring (bicyclic) bond motifs is 1. The zero-order valence-corrected chi connectivity index (χ0v) is 11.1. The Labute approximate surface area is 115 Å². The van der Waals surface area contributed by atoms with E-state index >= 15 is 0 Å². The lowest BCUT2D eigenvalue weighted by atomic mass is 10.3. The molecule has 0 aliphatic heterocycles. The third-order valence-corrected chi connectivity index (χ3v) is 3.13. The Hall–Kier alpha value is -2.63. The van der Waals surface area contributed by atoms with Gasteiger partial charge in [-0.1, -0.05) is 6.07 Å². The van der Waals surface area contributed by atoms with Crippen LogP contribution in [0.2, 0.25) is 0 Å². The van der Waals surface area contributed by atoms with Crippen molar-refractivity contribution in [1.82, 2.24) is 24.7 Å². The second kappa shape index (κ2) is 5.16. The quantitative estimate of drug-likeness (QED) is 0.750. The molecule has 6 heteroatoms. The van der Waals surface area contributed by atoms with Gasteiger partial charge in [0.1, 0.15) is 17.2 Å². The van der Waals surface area contributed by atoms with Gasteiger partial charge in [0.2, 0.25) is 0 Å². The number of nitrogens with zero attached hydrogens (tertiary/aromatic N) is 3. The zero-order chi connectivity index (χ0) is 13.9. The number of aromatic nitrogens is 4. The van der Waals surface area contributed by atoms with E-state index in [0.717, 1.165) is 17.2 Å². The van der Waals surface area contributed by atoms with E-state index in [1.54, 1.807) is 18.6 Å². The van der Waals surface area contributed by atoms with Crippen molar-refractivity contribution in [3.8, 4) is 0 Å². The summed E-state index contributed by atoms with van der Waals surface area (Å²) in [5.74, 6) is 0.691. The lowest BCUT2D eigenvalue weighted by Crippen LogP contribution is -2.26. The first-order chi connectivity index (χ1) is 9.74. The van der Waals surface area contributed by atoms with Crippen LogP contribution < -0.4 is 5.32 Å². The monoisotopic (exact) mass is 269 g/mol. The van der Waals surface area contributed by atoms with Crippen LogP contribution in [-0.2, 0) is 6.42 Å². The number of imidazole rings is 2. The fourth-order valence-corrected chi connectivity index (χ4v) is 2.08. The van der Waals surface area contributed by atoms with Crippen molar-refractivity contribution in [2.24, 2.45) is 0 Å². The van der Waals surface area contributed by atoms with E-state index in [1.807, 2.05) is 29.5 Å². The number of hydrogen-bond donors (Lipinski definition) is 2. The Morgan fingerprint density at radius 3 is 3.10 bits per heavy atom. The summed E-state index contributed by atoms with van der Waals surface area (Å²) in [5.41, 5.74) is 2.25. The van der Waals surface area contributed by atoms with Crippen LogP contribution in [0.25, 0.3) is 5.65 Å². The second-order valence-electron chi connectivity index (χ2n) is 4.56. The molecule has 6 nitrogen and oxygen atoms in total. The van der Waals surface area contributed by atoms with Gasteiger partial charge in [0.25, 0.3) is 5.91 Å². The molecule has 0 fully saturated rings. The average molecular weight is 269 g/mol. The van der Waals surface area contributed by atoms with Crippen LogP contribution in [0.3, 0.4) is 0 Å². The number of aromatic amines is 1. The first-order valence-electron chi connectivity index (χ1n) is 6.45. The number of H-pyrrole nitrogens is 1. The highest BCUT2D eigenvalue weighted by atomic mass is 16.1. The van der Waals surface area contributed by atoms with Crippen molar-refractivity contribution < 1.29 is 4.79 Å². The number of pyridine rings is 1. The Bertz CT molecular complexity index is 729.